The first-order valence-electron chi connectivity index (χ1n) is 5.13. The first-order chi connectivity index (χ1) is 9.10. The Balaban J connectivity index is 2.26. The van der Waals surface area contributed by atoms with Gasteiger partial charge in [0.2, 0.25) is 5.88 Å². The minimum absolute atomic E-state index is 0.0632. The number of carbonyl (C=O) groups excluding carboxylic acids is 1. The van der Waals surface area contributed by atoms with Gasteiger partial charge >= 0.3 is 5.97 Å². The summed E-state index contributed by atoms with van der Waals surface area (Å²) in [6, 6.07) is 5.15. The van der Waals surface area contributed by atoms with Crippen LogP contribution < -0.4 is 4.74 Å². The maximum Gasteiger partial charge on any atom is 0.358 e. The largest absolute Gasteiger partial charge is 0.464 e. The Morgan fingerprint density at radius 2 is 2.16 bits per heavy atom. The van der Waals surface area contributed by atoms with E-state index in [-0.39, 0.29) is 11.6 Å². The molecule has 0 saturated carbocycles. The molecule has 0 spiro atoms. The third-order valence-electron chi connectivity index (χ3n) is 2.12. The van der Waals surface area contributed by atoms with Crippen molar-refractivity contribution < 1.29 is 14.3 Å². The Kier molecular flexibility index (Phi) is 4.34. The van der Waals surface area contributed by atoms with Crippen molar-refractivity contribution in [3.05, 3.63) is 45.8 Å². The molecule has 7 heteroatoms. The predicted molar refractivity (Wildman–Crippen MR) is 72.6 cm³/mol. The predicted octanol–water partition coefficient (Wildman–Crippen LogP) is 3.47. The average molecular weight is 344 g/mol. The Hall–Kier alpha value is -1.66. The van der Waals surface area contributed by atoms with Crippen molar-refractivity contribution in [2.45, 2.75) is 0 Å². The highest BCUT2D eigenvalue weighted by molar-refractivity contribution is 9.10. The van der Waals surface area contributed by atoms with Crippen LogP contribution in [-0.2, 0) is 4.74 Å². The molecule has 1 aromatic carbocycles. The molecule has 0 bridgehead atoms. The number of esters is 1. The number of halogens is 2. The topological polar surface area (TPSA) is 61.3 Å². The van der Waals surface area contributed by atoms with E-state index in [1.807, 2.05) is 0 Å². The minimum Gasteiger partial charge on any atom is -0.464 e. The van der Waals surface area contributed by atoms with Gasteiger partial charge in [0.1, 0.15) is 5.75 Å². The van der Waals surface area contributed by atoms with Gasteiger partial charge in [0.15, 0.2) is 5.69 Å². The number of hydrogen-bond acceptors (Lipinski definition) is 5. The number of hydrogen-bond donors (Lipinski definition) is 0. The van der Waals surface area contributed by atoms with Crippen LogP contribution in [0.3, 0.4) is 0 Å². The van der Waals surface area contributed by atoms with Crippen LogP contribution in [-0.4, -0.2) is 23.0 Å². The van der Waals surface area contributed by atoms with Crippen molar-refractivity contribution in [2.75, 3.05) is 7.11 Å². The Morgan fingerprint density at radius 3 is 2.84 bits per heavy atom. The average Bonchev–Trinajstić information content (AvgIpc) is 2.41. The van der Waals surface area contributed by atoms with Crippen LogP contribution in [0.5, 0.6) is 11.6 Å². The fourth-order valence-electron chi connectivity index (χ4n) is 1.27. The molecule has 0 radical (unpaired) electrons. The number of benzene rings is 1. The molecule has 0 aliphatic heterocycles. The number of aromatic nitrogens is 2. The molecule has 0 aliphatic rings. The van der Waals surface area contributed by atoms with E-state index in [1.54, 1.807) is 18.2 Å². The number of methoxy groups -OCH3 is 1. The lowest BCUT2D eigenvalue weighted by Crippen LogP contribution is -2.05. The molecule has 2 rings (SSSR count). The molecule has 0 aliphatic carbocycles. The quantitative estimate of drug-likeness (QED) is 0.799. The zero-order valence-corrected chi connectivity index (χ0v) is 12.1. The summed E-state index contributed by atoms with van der Waals surface area (Å²) in [5, 5.41) is 0.416. The fourth-order valence-corrected chi connectivity index (χ4v) is 1.98. The number of rotatable bonds is 3. The highest BCUT2D eigenvalue weighted by Crippen LogP contribution is 2.30. The van der Waals surface area contributed by atoms with Gasteiger partial charge in [0, 0.05) is 4.47 Å². The van der Waals surface area contributed by atoms with Crippen molar-refractivity contribution >= 4 is 33.5 Å². The van der Waals surface area contributed by atoms with Gasteiger partial charge in [-0.1, -0.05) is 27.5 Å². The van der Waals surface area contributed by atoms with Crippen molar-refractivity contribution in [2.24, 2.45) is 0 Å². The summed E-state index contributed by atoms with van der Waals surface area (Å²) >= 11 is 9.31. The Labute approximate surface area is 122 Å². The monoisotopic (exact) mass is 342 g/mol. The molecule has 19 heavy (non-hydrogen) atoms. The highest BCUT2D eigenvalue weighted by atomic mass is 79.9. The molecule has 5 nitrogen and oxygen atoms in total. The van der Waals surface area contributed by atoms with E-state index in [0.717, 1.165) is 4.47 Å². The van der Waals surface area contributed by atoms with Crippen LogP contribution in [0.2, 0.25) is 5.02 Å². The third-order valence-corrected chi connectivity index (χ3v) is 2.90. The van der Waals surface area contributed by atoms with Gasteiger partial charge in [-0.2, -0.15) is 0 Å². The van der Waals surface area contributed by atoms with Gasteiger partial charge in [-0.05, 0) is 18.2 Å². The third kappa shape index (κ3) is 3.42. The molecule has 1 heterocycles. The fraction of sp³-hybridized carbons (Fsp3) is 0.0833. The van der Waals surface area contributed by atoms with Gasteiger partial charge in [0.25, 0.3) is 0 Å². The van der Waals surface area contributed by atoms with E-state index in [0.29, 0.717) is 10.8 Å². The summed E-state index contributed by atoms with van der Waals surface area (Å²) in [5.41, 5.74) is 0.0632. The standard InChI is InChI=1S/C12H8BrClN2O3/c1-18-12(17)9-5-15-6-11(16-9)19-10-3-2-7(13)4-8(10)14/h2-6H,1H3. The van der Waals surface area contributed by atoms with E-state index >= 15 is 0 Å². The van der Waals surface area contributed by atoms with Crippen LogP contribution in [0.15, 0.2) is 35.1 Å². The lowest BCUT2D eigenvalue weighted by Gasteiger charge is -2.07. The molecular weight excluding hydrogens is 336 g/mol. The smallest absolute Gasteiger partial charge is 0.358 e. The minimum atomic E-state index is -0.583. The summed E-state index contributed by atoms with van der Waals surface area (Å²) in [7, 11) is 1.27. The lowest BCUT2D eigenvalue weighted by atomic mass is 10.3. The summed E-state index contributed by atoms with van der Waals surface area (Å²) in [6.07, 6.45) is 2.67. The summed E-state index contributed by atoms with van der Waals surface area (Å²) in [5.74, 6) is -0.00634. The summed E-state index contributed by atoms with van der Waals surface area (Å²) in [4.78, 5) is 19.1. The van der Waals surface area contributed by atoms with Crippen molar-refractivity contribution in [3.63, 3.8) is 0 Å². The van der Waals surface area contributed by atoms with Crippen LogP contribution in [0.4, 0.5) is 0 Å². The Morgan fingerprint density at radius 1 is 1.37 bits per heavy atom. The molecule has 0 N–H and O–H groups in total. The summed E-state index contributed by atoms with van der Waals surface area (Å²) in [6.45, 7) is 0. The van der Waals surface area contributed by atoms with Gasteiger partial charge < -0.3 is 9.47 Å². The van der Waals surface area contributed by atoms with Crippen LogP contribution >= 0.6 is 27.5 Å². The van der Waals surface area contributed by atoms with Crippen LogP contribution in [0.1, 0.15) is 10.5 Å². The second-order valence-electron chi connectivity index (χ2n) is 3.41. The molecule has 0 saturated heterocycles. The van der Waals surface area contributed by atoms with E-state index in [1.165, 1.54) is 19.5 Å². The molecule has 2 aromatic rings. The second kappa shape index (κ2) is 5.99. The Bertz CT molecular complexity index is 622. The zero-order valence-electron chi connectivity index (χ0n) is 9.76. The van der Waals surface area contributed by atoms with Crippen molar-refractivity contribution in [3.8, 4) is 11.6 Å². The van der Waals surface area contributed by atoms with Crippen LogP contribution in [0.25, 0.3) is 0 Å². The van der Waals surface area contributed by atoms with E-state index in [9.17, 15) is 4.79 Å². The first-order valence-corrected chi connectivity index (χ1v) is 6.30. The van der Waals surface area contributed by atoms with Gasteiger partial charge in [-0.25, -0.2) is 9.78 Å². The normalized spacial score (nSPS) is 10.1. The molecule has 0 atom stereocenters. The van der Waals surface area contributed by atoms with Crippen molar-refractivity contribution in [1.29, 1.82) is 0 Å². The molecule has 98 valence electrons. The summed E-state index contributed by atoms with van der Waals surface area (Å²) < 4.78 is 10.8. The van der Waals surface area contributed by atoms with Gasteiger partial charge in [0.05, 0.1) is 24.5 Å². The maximum absolute atomic E-state index is 11.3. The number of nitrogens with zero attached hydrogens (tertiary/aromatic N) is 2. The maximum atomic E-state index is 11.3. The van der Waals surface area contributed by atoms with E-state index < -0.39 is 5.97 Å². The number of ether oxygens (including phenoxy) is 2. The molecule has 1 aromatic heterocycles. The first kappa shape index (κ1) is 13.8. The second-order valence-corrected chi connectivity index (χ2v) is 4.73. The van der Waals surface area contributed by atoms with Crippen molar-refractivity contribution in [1.82, 2.24) is 9.97 Å². The van der Waals surface area contributed by atoms with Crippen LogP contribution in [0, 0.1) is 0 Å². The molecule has 0 unspecified atom stereocenters. The molecule has 0 fully saturated rings. The molecule has 0 amide bonds. The van der Waals surface area contributed by atoms with Gasteiger partial charge in [-0.3, -0.25) is 4.98 Å². The lowest BCUT2D eigenvalue weighted by molar-refractivity contribution is 0.0592. The zero-order chi connectivity index (χ0) is 13.8. The molecular formula is C12H8BrClN2O3. The van der Waals surface area contributed by atoms with Gasteiger partial charge in [-0.15, -0.1) is 0 Å². The highest BCUT2D eigenvalue weighted by Gasteiger charge is 2.11. The number of carbonyl (C=O) groups is 1. The SMILES string of the molecule is COC(=O)c1cncc(Oc2ccc(Br)cc2Cl)n1. The van der Waals surface area contributed by atoms with E-state index in [2.05, 4.69) is 30.6 Å². The van der Waals surface area contributed by atoms with E-state index in [4.69, 9.17) is 16.3 Å².